The summed E-state index contributed by atoms with van der Waals surface area (Å²) in [5.41, 5.74) is 12.0. The van der Waals surface area contributed by atoms with Crippen LogP contribution < -0.4 is 0 Å². The molecule has 0 aliphatic rings. The third kappa shape index (κ3) is 5.39. The maximum atomic E-state index is 11.3. The monoisotopic (exact) mass is 642 g/mol. The molecule has 4 heteroatoms. The van der Waals surface area contributed by atoms with E-state index in [1.165, 1.54) is 0 Å². The number of rotatable bonds is 6. The van der Waals surface area contributed by atoms with Crippen LogP contribution in [0.4, 0.5) is 0 Å². The van der Waals surface area contributed by atoms with Crippen molar-refractivity contribution in [1.29, 1.82) is 0 Å². The molecule has 7 aromatic carbocycles. The van der Waals surface area contributed by atoms with Crippen molar-refractivity contribution >= 4 is 21.9 Å². The van der Waals surface area contributed by atoms with E-state index in [0.717, 1.165) is 77.8 Å². The zero-order chi connectivity index (χ0) is 33.4. The van der Waals surface area contributed by atoms with Gasteiger partial charge in [0, 0.05) is 44.7 Å². The van der Waals surface area contributed by atoms with E-state index in [4.69, 9.17) is 14.4 Å². The van der Waals surface area contributed by atoms with Gasteiger partial charge in [-0.2, -0.15) is 0 Å². The van der Waals surface area contributed by atoms with Gasteiger partial charge in [0.25, 0.3) is 0 Å². The van der Waals surface area contributed by atoms with E-state index in [2.05, 4.69) is 91.0 Å². The zero-order valence-electron chi connectivity index (χ0n) is 27.0. The molecule has 0 fully saturated rings. The van der Waals surface area contributed by atoms with Crippen molar-refractivity contribution in [2.24, 2.45) is 0 Å². The van der Waals surface area contributed by atoms with Gasteiger partial charge in [-0.3, -0.25) is 0 Å². The van der Waals surface area contributed by atoms with Gasteiger partial charge in [-0.15, -0.1) is 0 Å². The number of furan rings is 1. The van der Waals surface area contributed by atoms with Crippen LogP contribution in [0.2, 0.25) is 0 Å². The Bertz CT molecular complexity index is 2590. The van der Waals surface area contributed by atoms with Crippen LogP contribution in [0.1, 0.15) is 0 Å². The number of nitrogens with zero attached hydrogens (tertiary/aromatic N) is 2. The quantitative estimate of drug-likeness (QED) is 0.196. The van der Waals surface area contributed by atoms with Gasteiger partial charge in [-0.25, -0.2) is 9.97 Å². The van der Waals surface area contributed by atoms with Gasteiger partial charge in [-0.05, 0) is 46.5 Å². The average molecular weight is 643 g/mol. The Balaban J connectivity index is 1.12. The van der Waals surface area contributed by atoms with Gasteiger partial charge < -0.3 is 9.52 Å². The van der Waals surface area contributed by atoms with Crippen molar-refractivity contribution < 1.29 is 9.52 Å². The summed E-state index contributed by atoms with van der Waals surface area (Å²) in [4.78, 5) is 10.1. The number of hydrogen-bond acceptors (Lipinski definition) is 4. The summed E-state index contributed by atoms with van der Waals surface area (Å²) in [6.07, 6.45) is 0. The van der Waals surface area contributed by atoms with E-state index in [-0.39, 0.29) is 5.75 Å². The lowest BCUT2D eigenvalue weighted by Crippen LogP contribution is -1.96. The number of aromatic nitrogens is 2. The largest absolute Gasteiger partial charge is 0.507 e. The van der Waals surface area contributed by atoms with E-state index in [1.54, 1.807) is 6.07 Å². The molecule has 9 aromatic rings. The molecule has 9 rings (SSSR count). The van der Waals surface area contributed by atoms with Crippen LogP contribution in [0.5, 0.6) is 5.75 Å². The summed E-state index contributed by atoms with van der Waals surface area (Å²) < 4.78 is 6.36. The molecule has 50 heavy (non-hydrogen) atoms. The van der Waals surface area contributed by atoms with Crippen LogP contribution in [0.15, 0.2) is 180 Å². The predicted molar refractivity (Wildman–Crippen MR) is 204 cm³/mol. The second-order valence-corrected chi connectivity index (χ2v) is 12.4. The Morgan fingerprint density at radius 3 is 1.54 bits per heavy atom. The van der Waals surface area contributed by atoms with E-state index in [1.807, 2.05) is 78.9 Å². The van der Waals surface area contributed by atoms with Crippen LogP contribution in [-0.2, 0) is 0 Å². The van der Waals surface area contributed by atoms with Crippen molar-refractivity contribution in [3.8, 4) is 73.0 Å². The molecule has 0 aliphatic heterocycles. The molecule has 0 atom stereocenters. The van der Waals surface area contributed by atoms with Crippen molar-refractivity contribution in [3.63, 3.8) is 0 Å². The maximum absolute atomic E-state index is 11.3. The smallest absolute Gasteiger partial charge is 0.160 e. The van der Waals surface area contributed by atoms with Crippen molar-refractivity contribution in [3.05, 3.63) is 176 Å². The molecule has 1 N–H and O–H groups in total. The van der Waals surface area contributed by atoms with Gasteiger partial charge in [0.15, 0.2) is 5.82 Å². The van der Waals surface area contributed by atoms with Crippen LogP contribution >= 0.6 is 0 Å². The summed E-state index contributed by atoms with van der Waals surface area (Å²) >= 11 is 0. The first kappa shape index (κ1) is 29.4. The molecule has 4 nitrogen and oxygen atoms in total. The van der Waals surface area contributed by atoms with Crippen LogP contribution in [0.3, 0.4) is 0 Å². The van der Waals surface area contributed by atoms with Crippen LogP contribution in [0.25, 0.3) is 89.2 Å². The summed E-state index contributed by atoms with van der Waals surface area (Å²) in [5.74, 6) is 0.830. The Kier molecular flexibility index (Phi) is 7.25. The summed E-state index contributed by atoms with van der Waals surface area (Å²) in [6, 6.07) is 59.3. The second-order valence-electron chi connectivity index (χ2n) is 12.4. The lowest BCUT2D eigenvalue weighted by molar-refractivity contribution is 0.477. The number of aromatic hydroxyl groups is 1. The van der Waals surface area contributed by atoms with Gasteiger partial charge in [0.1, 0.15) is 16.9 Å². The summed E-state index contributed by atoms with van der Waals surface area (Å²) in [6.45, 7) is 0. The van der Waals surface area contributed by atoms with E-state index >= 15 is 0 Å². The maximum Gasteiger partial charge on any atom is 0.160 e. The third-order valence-electron chi connectivity index (χ3n) is 9.19. The summed E-state index contributed by atoms with van der Waals surface area (Å²) in [5, 5.41) is 13.3. The molecule has 2 heterocycles. The Morgan fingerprint density at radius 1 is 0.380 bits per heavy atom. The first-order valence-corrected chi connectivity index (χ1v) is 16.6. The predicted octanol–water partition coefficient (Wildman–Crippen LogP) is 12.1. The molecule has 0 amide bonds. The SMILES string of the molecule is Oc1cc2oc3c(-c4ccccc4)cccc3c2cc1-c1cccc(-c2cccc(-c3nc(-c4ccccc4)cc(-c4ccccc4)n3)c2)c1. The topological polar surface area (TPSA) is 59.2 Å². The standard InChI is InChI=1S/C46H30N2O2/c49-43-29-44-40(38-24-12-23-37(45(38)50-44)30-13-4-1-5-14-30)27-39(43)35-21-10-19-33(25-35)34-20-11-22-36(26-34)46-47-41(31-15-6-2-7-16-31)28-42(48-46)32-17-8-3-9-18-32/h1-29,49H. The molecule has 2 aromatic heterocycles. The highest BCUT2D eigenvalue weighted by Gasteiger charge is 2.17. The normalized spacial score (nSPS) is 11.3. The molecule has 0 bridgehead atoms. The molecule has 236 valence electrons. The number of para-hydroxylation sites is 1. The Hall–Kier alpha value is -6.78. The lowest BCUT2D eigenvalue weighted by Gasteiger charge is -2.11. The first-order chi connectivity index (χ1) is 24.7. The number of hydrogen-bond donors (Lipinski definition) is 1. The van der Waals surface area contributed by atoms with Crippen molar-refractivity contribution in [2.75, 3.05) is 0 Å². The minimum Gasteiger partial charge on any atom is -0.507 e. The summed E-state index contributed by atoms with van der Waals surface area (Å²) in [7, 11) is 0. The second kappa shape index (κ2) is 12.3. The minimum atomic E-state index is 0.170. The number of fused-ring (bicyclic) bond motifs is 3. The van der Waals surface area contributed by atoms with E-state index < -0.39 is 0 Å². The molecule has 0 saturated carbocycles. The number of phenolic OH excluding ortho intramolecular Hbond substituents is 1. The Labute approximate surface area is 289 Å². The third-order valence-corrected chi connectivity index (χ3v) is 9.19. The van der Waals surface area contributed by atoms with Gasteiger partial charge >= 0.3 is 0 Å². The fourth-order valence-corrected chi connectivity index (χ4v) is 6.70. The highest BCUT2D eigenvalue weighted by Crippen LogP contribution is 2.41. The first-order valence-electron chi connectivity index (χ1n) is 16.6. The molecule has 0 aliphatic carbocycles. The van der Waals surface area contributed by atoms with Crippen molar-refractivity contribution in [2.45, 2.75) is 0 Å². The number of benzene rings is 7. The van der Waals surface area contributed by atoms with Gasteiger partial charge in [-0.1, -0.05) is 146 Å². The fraction of sp³-hybridized carbons (Fsp3) is 0. The fourth-order valence-electron chi connectivity index (χ4n) is 6.70. The van der Waals surface area contributed by atoms with Crippen molar-refractivity contribution in [1.82, 2.24) is 9.97 Å². The highest BCUT2D eigenvalue weighted by molar-refractivity contribution is 6.11. The van der Waals surface area contributed by atoms with E-state index in [9.17, 15) is 5.11 Å². The van der Waals surface area contributed by atoms with Gasteiger partial charge in [0.05, 0.1) is 11.4 Å². The average Bonchev–Trinajstić information content (AvgIpc) is 3.56. The molecule has 0 unspecified atom stereocenters. The minimum absolute atomic E-state index is 0.170. The molecule has 0 radical (unpaired) electrons. The van der Waals surface area contributed by atoms with E-state index in [0.29, 0.717) is 11.4 Å². The molecular weight excluding hydrogens is 613 g/mol. The Morgan fingerprint density at radius 2 is 0.900 bits per heavy atom. The van der Waals surface area contributed by atoms with Crippen LogP contribution in [0, 0.1) is 0 Å². The molecule has 0 spiro atoms. The van der Waals surface area contributed by atoms with Crippen LogP contribution in [-0.4, -0.2) is 15.1 Å². The highest BCUT2D eigenvalue weighted by atomic mass is 16.3. The molecular formula is C46H30N2O2. The number of phenols is 1. The van der Waals surface area contributed by atoms with Gasteiger partial charge in [0.2, 0.25) is 0 Å². The lowest BCUT2D eigenvalue weighted by atomic mass is 9.96. The molecule has 0 saturated heterocycles. The zero-order valence-corrected chi connectivity index (χ0v) is 27.0.